The van der Waals surface area contributed by atoms with Crippen molar-refractivity contribution in [2.75, 3.05) is 43.9 Å². The average molecular weight is 342 g/mol. The standard InChI is InChI=1S/C14H19N5OS.ClH/c1-20-11-2-3-16-13(8-11)19-6-4-18(5-7-19)10-12-9-17-14(15)21-12;/h2-3,8-9H,4-7,10H2,1H3,(H2,15,17);1H. The number of aromatic nitrogens is 2. The molecule has 22 heavy (non-hydrogen) atoms. The van der Waals surface area contributed by atoms with Crippen molar-refractivity contribution in [3.8, 4) is 5.75 Å². The Balaban J connectivity index is 0.00000176. The van der Waals surface area contributed by atoms with Gasteiger partial charge in [0.2, 0.25) is 0 Å². The van der Waals surface area contributed by atoms with Crippen LogP contribution in [0.3, 0.4) is 0 Å². The van der Waals surface area contributed by atoms with Crippen LogP contribution in [0.1, 0.15) is 4.88 Å². The minimum Gasteiger partial charge on any atom is -0.497 e. The van der Waals surface area contributed by atoms with Crippen LogP contribution in [0.15, 0.2) is 24.5 Å². The minimum atomic E-state index is 0. The monoisotopic (exact) mass is 341 g/mol. The van der Waals surface area contributed by atoms with Crippen LogP contribution < -0.4 is 15.4 Å². The Morgan fingerprint density at radius 3 is 2.68 bits per heavy atom. The van der Waals surface area contributed by atoms with E-state index in [1.807, 2.05) is 18.3 Å². The second-order valence-corrected chi connectivity index (χ2v) is 6.13. The van der Waals surface area contributed by atoms with E-state index in [0.29, 0.717) is 5.13 Å². The van der Waals surface area contributed by atoms with Crippen LogP contribution in [0.5, 0.6) is 5.75 Å². The number of piperazine rings is 1. The first-order valence-electron chi connectivity index (χ1n) is 6.92. The molecule has 0 radical (unpaired) electrons. The maximum absolute atomic E-state index is 5.67. The summed E-state index contributed by atoms with van der Waals surface area (Å²) in [5.41, 5.74) is 5.67. The number of rotatable bonds is 4. The quantitative estimate of drug-likeness (QED) is 0.915. The fraction of sp³-hybridized carbons (Fsp3) is 0.429. The van der Waals surface area contributed by atoms with Crippen molar-refractivity contribution in [2.24, 2.45) is 0 Å². The molecular formula is C14H20ClN5OS. The van der Waals surface area contributed by atoms with E-state index >= 15 is 0 Å². The highest BCUT2D eigenvalue weighted by atomic mass is 35.5. The van der Waals surface area contributed by atoms with E-state index in [4.69, 9.17) is 10.5 Å². The van der Waals surface area contributed by atoms with Crippen molar-refractivity contribution in [2.45, 2.75) is 6.54 Å². The molecule has 3 heterocycles. The highest BCUT2D eigenvalue weighted by molar-refractivity contribution is 7.15. The number of halogens is 1. The Kier molecular flexibility index (Phi) is 5.82. The number of pyridine rings is 1. The fourth-order valence-electron chi connectivity index (χ4n) is 2.45. The van der Waals surface area contributed by atoms with Crippen molar-refractivity contribution in [1.29, 1.82) is 0 Å². The summed E-state index contributed by atoms with van der Waals surface area (Å²) in [6, 6.07) is 3.85. The van der Waals surface area contributed by atoms with E-state index in [2.05, 4.69) is 19.8 Å². The first-order chi connectivity index (χ1) is 10.2. The zero-order chi connectivity index (χ0) is 14.7. The molecule has 120 valence electrons. The van der Waals surface area contributed by atoms with Crippen LogP contribution in [0.2, 0.25) is 0 Å². The fourth-order valence-corrected chi connectivity index (χ4v) is 3.18. The number of thiazole rings is 1. The zero-order valence-electron chi connectivity index (χ0n) is 12.4. The third-order valence-corrected chi connectivity index (χ3v) is 4.41. The van der Waals surface area contributed by atoms with Gasteiger partial charge in [0, 0.05) is 56.1 Å². The van der Waals surface area contributed by atoms with E-state index in [0.717, 1.165) is 44.3 Å². The first-order valence-corrected chi connectivity index (χ1v) is 7.74. The Bertz CT molecular complexity index is 600. The van der Waals surface area contributed by atoms with Crippen LogP contribution in [0.4, 0.5) is 10.9 Å². The van der Waals surface area contributed by atoms with Gasteiger partial charge >= 0.3 is 0 Å². The third kappa shape index (κ3) is 4.00. The van der Waals surface area contributed by atoms with Gasteiger partial charge in [-0.05, 0) is 6.07 Å². The largest absolute Gasteiger partial charge is 0.497 e. The Labute approximate surface area is 140 Å². The van der Waals surface area contributed by atoms with Crippen molar-refractivity contribution >= 4 is 34.7 Å². The van der Waals surface area contributed by atoms with E-state index in [1.165, 1.54) is 4.88 Å². The predicted molar refractivity (Wildman–Crippen MR) is 92.1 cm³/mol. The molecule has 1 fully saturated rings. The highest BCUT2D eigenvalue weighted by Gasteiger charge is 2.19. The molecule has 0 saturated carbocycles. The molecule has 0 bridgehead atoms. The van der Waals surface area contributed by atoms with Gasteiger partial charge in [0.1, 0.15) is 11.6 Å². The molecule has 0 aromatic carbocycles. The summed E-state index contributed by atoms with van der Waals surface area (Å²) in [5.74, 6) is 1.83. The Morgan fingerprint density at radius 2 is 2.05 bits per heavy atom. The van der Waals surface area contributed by atoms with Gasteiger partial charge in [0.15, 0.2) is 5.13 Å². The van der Waals surface area contributed by atoms with Crippen LogP contribution in [-0.4, -0.2) is 48.2 Å². The first kappa shape index (κ1) is 16.8. The smallest absolute Gasteiger partial charge is 0.180 e. The second kappa shape index (κ2) is 7.62. The van der Waals surface area contributed by atoms with Crippen molar-refractivity contribution in [3.63, 3.8) is 0 Å². The van der Waals surface area contributed by atoms with Crippen LogP contribution >= 0.6 is 23.7 Å². The van der Waals surface area contributed by atoms with Gasteiger partial charge in [0.05, 0.1) is 7.11 Å². The normalized spacial score (nSPS) is 15.4. The van der Waals surface area contributed by atoms with Gasteiger partial charge in [-0.15, -0.1) is 23.7 Å². The van der Waals surface area contributed by atoms with Crippen molar-refractivity contribution < 1.29 is 4.74 Å². The molecule has 2 aromatic rings. The van der Waals surface area contributed by atoms with Gasteiger partial charge < -0.3 is 15.4 Å². The molecule has 0 amide bonds. The van der Waals surface area contributed by atoms with Gasteiger partial charge in [-0.3, -0.25) is 4.90 Å². The number of nitrogen functional groups attached to an aromatic ring is 1. The summed E-state index contributed by atoms with van der Waals surface area (Å²) < 4.78 is 5.25. The molecule has 3 rings (SSSR count). The number of hydrogen-bond acceptors (Lipinski definition) is 7. The number of nitrogens with zero attached hydrogens (tertiary/aromatic N) is 4. The lowest BCUT2D eigenvalue weighted by Gasteiger charge is -2.35. The van der Waals surface area contributed by atoms with Crippen LogP contribution in [0.25, 0.3) is 0 Å². The molecule has 0 spiro atoms. The molecule has 0 aliphatic carbocycles. The van der Waals surface area contributed by atoms with Gasteiger partial charge in [0.25, 0.3) is 0 Å². The van der Waals surface area contributed by atoms with Gasteiger partial charge in [-0.2, -0.15) is 0 Å². The molecule has 1 aliphatic rings. The van der Waals surface area contributed by atoms with Crippen molar-refractivity contribution in [3.05, 3.63) is 29.4 Å². The second-order valence-electron chi connectivity index (χ2n) is 4.98. The molecular weight excluding hydrogens is 322 g/mol. The predicted octanol–water partition coefficient (Wildman–Crippen LogP) is 1.87. The summed E-state index contributed by atoms with van der Waals surface area (Å²) in [7, 11) is 1.68. The maximum atomic E-state index is 5.67. The van der Waals surface area contributed by atoms with Crippen molar-refractivity contribution in [1.82, 2.24) is 14.9 Å². The number of ether oxygens (including phenoxy) is 1. The molecule has 2 N–H and O–H groups in total. The molecule has 1 saturated heterocycles. The minimum absolute atomic E-state index is 0. The Morgan fingerprint density at radius 1 is 1.27 bits per heavy atom. The van der Waals surface area contributed by atoms with E-state index in [-0.39, 0.29) is 12.4 Å². The summed E-state index contributed by atoms with van der Waals surface area (Å²) in [4.78, 5) is 14.5. The number of anilines is 2. The lowest BCUT2D eigenvalue weighted by molar-refractivity contribution is 0.251. The topological polar surface area (TPSA) is 67.5 Å². The average Bonchev–Trinajstić information content (AvgIpc) is 2.93. The molecule has 0 unspecified atom stereocenters. The van der Waals surface area contributed by atoms with Gasteiger partial charge in [-0.25, -0.2) is 9.97 Å². The molecule has 8 heteroatoms. The lowest BCUT2D eigenvalue weighted by Crippen LogP contribution is -2.46. The number of nitrogens with two attached hydrogens (primary N) is 1. The molecule has 0 atom stereocenters. The maximum Gasteiger partial charge on any atom is 0.180 e. The van der Waals surface area contributed by atoms with E-state index < -0.39 is 0 Å². The zero-order valence-corrected chi connectivity index (χ0v) is 14.1. The number of methoxy groups -OCH3 is 1. The van der Waals surface area contributed by atoms with Crippen LogP contribution in [-0.2, 0) is 6.54 Å². The summed E-state index contributed by atoms with van der Waals surface area (Å²) >= 11 is 1.57. The summed E-state index contributed by atoms with van der Waals surface area (Å²) in [6.45, 7) is 4.88. The Hall–Kier alpha value is -1.57. The summed E-state index contributed by atoms with van der Waals surface area (Å²) in [6.07, 6.45) is 3.66. The number of hydrogen-bond donors (Lipinski definition) is 1. The third-order valence-electron chi connectivity index (χ3n) is 3.60. The SMILES string of the molecule is COc1ccnc(N2CCN(Cc3cnc(N)s3)CC2)c1.Cl. The lowest BCUT2D eigenvalue weighted by atomic mass is 10.3. The molecule has 2 aromatic heterocycles. The van der Waals surface area contributed by atoms with Gasteiger partial charge in [-0.1, -0.05) is 0 Å². The molecule has 1 aliphatic heterocycles. The van der Waals surface area contributed by atoms with E-state index in [9.17, 15) is 0 Å². The highest BCUT2D eigenvalue weighted by Crippen LogP contribution is 2.21. The van der Waals surface area contributed by atoms with E-state index in [1.54, 1.807) is 24.6 Å². The summed E-state index contributed by atoms with van der Waals surface area (Å²) in [5, 5.41) is 0.643. The molecule has 6 nitrogen and oxygen atoms in total. The van der Waals surface area contributed by atoms with Crippen LogP contribution in [0, 0.1) is 0 Å².